The van der Waals surface area contributed by atoms with Crippen LogP contribution in [0.2, 0.25) is 0 Å². The molecule has 1 N–H and O–H groups in total. The largest absolute Gasteiger partial charge is 0.465 e. The Morgan fingerprint density at radius 3 is 2.61 bits per heavy atom. The fourth-order valence-electron chi connectivity index (χ4n) is 6.70. The van der Waals surface area contributed by atoms with E-state index in [0.717, 1.165) is 64.2 Å². The van der Waals surface area contributed by atoms with E-state index in [0.29, 0.717) is 32.7 Å². The van der Waals surface area contributed by atoms with Crippen LogP contribution in [0.25, 0.3) is 0 Å². The van der Waals surface area contributed by atoms with Crippen LogP contribution >= 0.6 is 11.8 Å². The fraction of sp³-hybridized carbons (Fsp3) is 0.767. The van der Waals surface area contributed by atoms with Crippen molar-refractivity contribution >= 4 is 29.5 Å². The molecule has 8 heteroatoms. The summed E-state index contributed by atoms with van der Waals surface area (Å²) in [7, 11) is 0. The first-order valence-electron chi connectivity index (χ1n) is 14.6. The minimum Gasteiger partial charge on any atom is -0.465 e. The Labute approximate surface area is 233 Å². The monoisotopic (exact) mass is 548 g/mol. The predicted octanol–water partition coefficient (Wildman–Crippen LogP) is 4.73. The zero-order valence-corrected chi connectivity index (χ0v) is 24.3. The third-order valence-corrected chi connectivity index (χ3v) is 10.5. The molecule has 5 atom stereocenters. The van der Waals surface area contributed by atoms with E-state index in [9.17, 15) is 19.5 Å². The minimum absolute atomic E-state index is 0.0193. The highest BCUT2D eigenvalue weighted by molar-refractivity contribution is 8.02. The highest BCUT2D eigenvalue weighted by Gasteiger charge is 2.77. The van der Waals surface area contributed by atoms with Gasteiger partial charge in [-0.3, -0.25) is 14.4 Å². The van der Waals surface area contributed by atoms with Crippen molar-refractivity contribution < 1.29 is 24.2 Å². The molecule has 3 heterocycles. The van der Waals surface area contributed by atoms with E-state index >= 15 is 0 Å². The third kappa shape index (κ3) is 6.16. The molecule has 2 unspecified atom stereocenters. The predicted molar refractivity (Wildman–Crippen MR) is 153 cm³/mol. The lowest BCUT2D eigenvalue weighted by atomic mass is 9.66. The first kappa shape index (κ1) is 30.7. The Hall–Kier alpha value is -1.80. The molecule has 38 heavy (non-hydrogen) atoms. The van der Waals surface area contributed by atoms with Gasteiger partial charge in [-0.15, -0.1) is 24.9 Å². The van der Waals surface area contributed by atoms with Crippen molar-refractivity contribution in [2.24, 2.45) is 11.8 Å². The summed E-state index contributed by atoms with van der Waals surface area (Å²) >= 11 is 1.70. The minimum atomic E-state index is -0.614. The Bertz CT molecular complexity index is 866. The number of allylic oxidation sites excluding steroid dienone is 1. The number of esters is 1. The summed E-state index contributed by atoms with van der Waals surface area (Å²) in [4.78, 5) is 45.5. The van der Waals surface area contributed by atoms with Gasteiger partial charge in [0, 0.05) is 31.0 Å². The van der Waals surface area contributed by atoms with E-state index in [1.807, 2.05) is 11.0 Å². The second kappa shape index (κ2) is 14.0. The van der Waals surface area contributed by atoms with Crippen LogP contribution in [0, 0.1) is 11.8 Å². The van der Waals surface area contributed by atoms with Crippen molar-refractivity contribution in [3.05, 3.63) is 25.3 Å². The quantitative estimate of drug-likeness (QED) is 0.151. The van der Waals surface area contributed by atoms with E-state index < -0.39 is 27.4 Å². The second-order valence-electron chi connectivity index (χ2n) is 11.3. The van der Waals surface area contributed by atoms with Crippen molar-refractivity contribution in [2.45, 2.75) is 100 Å². The van der Waals surface area contributed by atoms with Crippen molar-refractivity contribution in [1.82, 2.24) is 9.80 Å². The van der Waals surface area contributed by atoms with Crippen LogP contribution in [-0.2, 0) is 19.1 Å². The molecule has 2 amide bonds. The highest BCUT2D eigenvalue weighted by atomic mass is 32.2. The molecule has 7 nitrogen and oxygen atoms in total. The van der Waals surface area contributed by atoms with Crippen molar-refractivity contribution in [3.8, 4) is 0 Å². The standard InChI is InChI=1S/C30H48N2O5S/c1-5-8-10-15-22-37-28(36)24-23-26(34)32(20-13-11-14-21-33)25(30(23)17-16-29(24,4)38-30)27(35)31(18-7-3)19-12-9-6-2/h5,7,23-25,33H,1,3,6,8-22H2,2,4H3/t23-,24-,25?,29+,30?/m0/s1. The summed E-state index contributed by atoms with van der Waals surface area (Å²) in [5, 5.41) is 9.23. The normalized spacial score (nSPS) is 29.4. The van der Waals surface area contributed by atoms with Gasteiger partial charge in [-0.1, -0.05) is 31.9 Å². The maximum atomic E-state index is 14.3. The van der Waals surface area contributed by atoms with Crippen LogP contribution in [0.3, 0.4) is 0 Å². The van der Waals surface area contributed by atoms with E-state index in [4.69, 9.17) is 4.74 Å². The zero-order chi connectivity index (χ0) is 27.8. The molecule has 0 aromatic rings. The molecule has 3 aliphatic rings. The van der Waals surface area contributed by atoms with Crippen LogP contribution < -0.4 is 0 Å². The molecule has 3 fully saturated rings. The number of fused-ring (bicyclic) bond motifs is 1. The molecular weight excluding hydrogens is 500 g/mol. The molecule has 0 aromatic heterocycles. The first-order valence-corrected chi connectivity index (χ1v) is 15.4. The van der Waals surface area contributed by atoms with E-state index in [1.54, 1.807) is 22.7 Å². The number of thioether (sulfide) groups is 1. The number of aliphatic hydroxyl groups is 1. The lowest BCUT2D eigenvalue weighted by molar-refractivity contribution is -0.155. The molecule has 214 valence electrons. The molecule has 0 aromatic carbocycles. The molecule has 1 spiro atoms. The van der Waals surface area contributed by atoms with Crippen LogP contribution in [0.4, 0.5) is 0 Å². The molecule has 0 saturated carbocycles. The van der Waals surface area contributed by atoms with E-state index in [1.165, 1.54) is 0 Å². The highest BCUT2D eigenvalue weighted by Crippen LogP contribution is 2.71. The summed E-state index contributed by atoms with van der Waals surface area (Å²) in [5.74, 6) is -1.48. The van der Waals surface area contributed by atoms with Crippen LogP contribution in [0.5, 0.6) is 0 Å². The number of nitrogens with zero attached hydrogens (tertiary/aromatic N) is 2. The summed E-state index contributed by atoms with van der Waals surface area (Å²) in [6.07, 6.45) is 12.9. The van der Waals surface area contributed by atoms with Gasteiger partial charge in [0.1, 0.15) is 6.04 Å². The van der Waals surface area contributed by atoms with Crippen LogP contribution in [0.1, 0.15) is 84.5 Å². The molecular formula is C30H48N2O5S. The Balaban J connectivity index is 1.89. The Morgan fingerprint density at radius 2 is 1.92 bits per heavy atom. The number of hydrogen-bond donors (Lipinski definition) is 1. The van der Waals surface area contributed by atoms with Gasteiger partial charge in [0.15, 0.2) is 0 Å². The number of likely N-dealkylation sites (tertiary alicyclic amines) is 1. The van der Waals surface area contributed by atoms with Gasteiger partial charge in [0.25, 0.3) is 0 Å². The molecule has 3 saturated heterocycles. The first-order chi connectivity index (χ1) is 18.3. The number of unbranched alkanes of at least 4 members (excludes halogenated alkanes) is 6. The summed E-state index contributed by atoms with van der Waals surface area (Å²) in [6, 6.07) is -0.590. The van der Waals surface area contributed by atoms with Crippen LogP contribution in [0.15, 0.2) is 25.3 Å². The number of aliphatic hydroxyl groups excluding tert-OH is 1. The fourth-order valence-corrected chi connectivity index (χ4v) is 9.04. The number of ether oxygens (including phenoxy) is 1. The van der Waals surface area contributed by atoms with Gasteiger partial charge in [-0.05, 0) is 64.7 Å². The third-order valence-electron chi connectivity index (χ3n) is 8.56. The van der Waals surface area contributed by atoms with E-state index in [2.05, 4.69) is 27.0 Å². The molecule has 2 bridgehead atoms. The van der Waals surface area contributed by atoms with Gasteiger partial charge in [0.05, 0.1) is 23.2 Å². The molecule has 0 aliphatic carbocycles. The van der Waals surface area contributed by atoms with Gasteiger partial charge < -0.3 is 19.6 Å². The average molecular weight is 549 g/mol. The summed E-state index contributed by atoms with van der Waals surface area (Å²) in [5.41, 5.74) is 0. The number of hydrogen-bond acceptors (Lipinski definition) is 6. The second-order valence-corrected chi connectivity index (χ2v) is 13.2. The lowest BCUT2D eigenvalue weighted by Crippen LogP contribution is -2.55. The Kier molecular flexibility index (Phi) is 11.3. The average Bonchev–Trinajstić information content (AvgIpc) is 3.46. The Morgan fingerprint density at radius 1 is 1.13 bits per heavy atom. The van der Waals surface area contributed by atoms with Gasteiger partial charge in [-0.25, -0.2) is 0 Å². The zero-order valence-electron chi connectivity index (χ0n) is 23.5. The smallest absolute Gasteiger partial charge is 0.311 e. The summed E-state index contributed by atoms with van der Waals surface area (Å²) < 4.78 is 4.72. The molecule has 3 rings (SSSR count). The van der Waals surface area contributed by atoms with E-state index in [-0.39, 0.29) is 24.4 Å². The number of carbonyl (C=O) groups is 3. The van der Waals surface area contributed by atoms with Crippen molar-refractivity contribution in [3.63, 3.8) is 0 Å². The number of carbonyl (C=O) groups excluding carboxylic acids is 3. The van der Waals surface area contributed by atoms with Gasteiger partial charge in [0.2, 0.25) is 11.8 Å². The van der Waals surface area contributed by atoms with Gasteiger partial charge in [-0.2, -0.15) is 0 Å². The lowest BCUT2D eigenvalue weighted by Gasteiger charge is -2.37. The molecule has 3 aliphatic heterocycles. The van der Waals surface area contributed by atoms with Crippen LogP contribution in [-0.4, -0.2) is 81.1 Å². The summed E-state index contributed by atoms with van der Waals surface area (Å²) in [6.45, 7) is 13.8. The van der Waals surface area contributed by atoms with Crippen molar-refractivity contribution in [2.75, 3.05) is 32.8 Å². The SMILES string of the molecule is C=CCCCCOC(=O)[C@@H]1[C@H]2C(=O)N(CCCCCO)C(C(=O)N(CC=C)CCCCC)C23CC[C@@]1(C)S3. The van der Waals surface area contributed by atoms with Gasteiger partial charge >= 0.3 is 5.97 Å². The number of amides is 2. The maximum Gasteiger partial charge on any atom is 0.311 e. The molecule has 0 radical (unpaired) electrons. The number of rotatable bonds is 18. The topological polar surface area (TPSA) is 87.1 Å². The van der Waals surface area contributed by atoms with Crippen molar-refractivity contribution in [1.29, 1.82) is 0 Å². The maximum absolute atomic E-state index is 14.3.